The summed E-state index contributed by atoms with van der Waals surface area (Å²) in [5.74, 6) is -1.40. The Labute approximate surface area is 121 Å². The van der Waals surface area contributed by atoms with Crippen molar-refractivity contribution in [2.75, 3.05) is 0 Å². The fraction of sp³-hybridized carbons (Fsp3) is 0. The lowest BCUT2D eigenvalue weighted by Crippen LogP contribution is -2.29. The van der Waals surface area contributed by atoms with Crippen LogP contribution in [0.4, 0.5) is 4.39 Å². The normalized spacial score (nSPS) is 11.0. The molecule has 3 rings (SSSR count). The first-order valence-corrected chi connectivity index (χ1v) is 6.28. The molecule has 2 aromatic carbocycles. The zero-order chi connectivity index (χ0) is 15.1. The summed E-state index contributed by atoms with van der Waals surface area (Å²) < 4.78 is 14.3. The first kappa shape index (κ1) is 13.4. The van der Waals surface area contributed by atoms with Crippen molar-refractivity contribution in [1.82, 2.24) is 9.55 Å². The first-order chi connectivity index (χ1) is 9.97. The van der Waals surface area contributed by atoms with E-state index in [1.54, 1.807) is 0 Å². The Hall–Kier alpha value is -2.60. The average molecular weight is 307 g/mol. The molecule has 0 spiro atoms. The van der Waals surface area contributed by atoms with Crippen LogP contribution in [0.2, 0.25) is 5.02 Å². The monoisotopic (exact) mass is 306 g/mol. The molecule has 21 heavy (non-hydrogen) atoms. The lowest BCUT2D eigenvalue weighted by Gasteiger charge is -2.10. The number of phenolic OH excluding ortho intramolecular Hbond substituents is 1. The van der Waals surface area contributed by atoms with E-state index in [0.717, 1.165) is 16.7 Å². The third kappa shape index (κ3) is 2.19. The van der Waals surface area contributed by atoms with Gasteiger partial charge in [0.1, 0.15) is 0 Å². The summed E-state index contributed by atoms with van der Waals surface area (Å²) in [5, 5.41) is 10.0. The van der Waals surface area contributed by atoms with Crippen LogP contribution in [0, 0.1) is 5.82 Å². The van der Waals surface area contributed by atoms with Crippen LogP contribution in [0.1, 0.15) is 0 Å². The van der Waals surface area contributed by atoms with Gasteiger partial charge in [-0.25, -0.2) is 9.18 Å². The summed E-state index contributed by atoms with van der Waals surface area (Å²) in [6.45, 7) is 0. The van der Waals surface area contributed by atoms with Crippen molar-refractivity contribution in [3.63, 3.8) is 0 Å². The van der Waals surface area contributed by atoms with Crippen molar-refractivity contribution in [3.05, 3.63) is 68.1 Å². The summed E-state index contributed by atoms with van der Waals surface area (Å²) >= 11 is 5.90. The summed E-state index contributed by atoms with van der Waals surface area (Å²) in [4.78, 5) is 26.0. The van der Waals surface area contributed by atoms with E-state index >= 15 is 0 Å². The molecule has 0 bridgehead atoms. The maximum absolute atomic E-state index is 13.1. The van der Waals surface area contributed by atoms with Crippen LogP contribution in [0.5, 0.6) is 5.75 Å². The molecule has 2 N–H and O–H groups in total. The fourth-order valence-corrected chi connectivity index (χ4v) is 2.27. The van der Waals surface area contributed by atoms with E-state index in [1.165, 1.54) is 24.3 Å². The van der Waals surface area contributed by atoms with Gasteiger partial charge in [0.2, 0.25) is 0 Å². The molecule has 0 aliphatic heterocycles. The van der Waals surface area contributed by atoms with E-state index in [1.807, 2.05) is 0 Å². The van der Waals surface area contributed by atoms with Gasteiger partial charge in [-0.05, 0) is 30.3 Å². The summed E-state index contributed by atoms with van der Waals surface area (Å²) in [5.41, 5.74) is -0.778. The van der Waals surface area contributed by atoms with Crippen LogP contribution in [-0.2, 0) is 0 Å². The Morgan fingerprint density at radius 1 is 1.14 bits per heavy atom. The SMILES string of the molecule is O=c1[nH]c(=O)n(-c2ccc(F)c(O)c2)c2cc(Cl)ccc12. The Morgan fingerprint density at radius 3 is 2.62 bits per heavy atom. The minimum atomic E-state index is -0.807. The molecule has 0 atom stereocenters. The third-order valence-electron chi connectivity index (χ3n) is 3.06. The molecule has 0 aliphatic carbocycles. The van der Waals surface area contributed by atoms with Gasteiger partial charge < -0.3 is 5.11 Å². The fourth-order valence-electron chi connectivity index (χ4n) is 2.11. The number of aromatic hydroxyl groups is 1. The van der Waals surface area contributed by atoms with Crippen LogP contribution < -0.4 is 11.2 Å². The van der Waals surface area contributed by atoms with Crippen molar-refractivity contribution in [2.45, 2.75) is 0 Å². The van der Waals surface area contributed by atoms with Gasteiger partial charge in [0.05, 0.1) is 16.6 Å². The zero-order valence-electron chi connectivity index (χ0n) is 10.4. The van der Waals surface area contributed by atoms with Crippen LogP contribution in [0.25, 0.3) is 16.6 Å². The van der Waals surface area contributed by atoms with Crippen molar-refractivity contribution in [3.8, 4) is 11.4 Å². The van der Waals surface area contributed by atoms with Gasteiger partial charge in [0, 0.05) is 11.1 Å². The van der Waals surface area contributed by atoms with Gasteiger partial charge in [-0.15, -0.1) is 0 Å². The van der Waals surface area contributed by atoms with Crippen molar-refractivity contribution < 1.29 is 9.50 Å². The maximum atomic E-state index is 13.1. The van der Waals surface area contributed by atoms with E-state index in [0.29, 0.717) is 5.02 Å². The number of hydrogen-bond acceptors (Lipinski definition) is 3. The highest BCUT2D eigenvalue weighted by atomic mass is 35.5. The maximum Gasteiger partial charge on any atom is 0.333 e. The lowest BCUT2D eigenvalue weighted by molar-refractivity contribution is 0.432. The molecule has 0 radical (unpaired) electrons. The Balaban J connectivity index is 2.46. The molecular formula is C14H8ClFN2O3. The number of aromatic nitrogens is 2. The molecule has 1 aromatic heterocycles. The number of hydrogen-bond donors (Lipinski definition) is 2. The van der Waals surface area contributed by atoms with E-state index < -0.39 is 22.8 Å². The largest absolute Gasteiger partial charge is 0.505 e. The highest BCUT2D eigenvalue weighted by Crippen LogP contribution is 2.22. The van der Waals surface area contributed by atoms with E-state index in [-0.39, 0.29) is 16.6 Å². The molecule has 5 nitrogen and oxygen atoms in total. The molecule has 0 saturated carbocycles. The van der Waals surface area contributed by atoms with Crippen LogP contribution in [-0.4, -0.2) is 14.7 Å². The first-order valence-electron chi connectivity index (χ1n) is 5.91. The number of fused-ring (bicyclic) bond motifs is 1. The Bertz CT molecular complexity index is 978. The molecule has 0 aliphatic rings. The molecule has 1 heterocycles. The number of nitrogens with zero attached hydrogens (tertiary/aromatic N) is 1. The minimum Gasteiger partial charge on any atom is -0.505 e. The van der Waals surface area contributed by atoms with Gasteiger partial charge >= 0.3 is 5.69 Å². The second-order valence-electron chi connectivity index (χ2n) is 4.39. The zero-order valence-corrected chi connectivity index (χ0v) is 11.2. The standard InChI is InChI=1S/C14H8ClFN2O3/c15-7-1-3-9-11(5-7)18(14(21)17-13(9)20)8-2-4-10(16)12(19)6-8/h1-6,19H,(H,17,20,21). The molecule has 106 valence electrons. The predicted octanol–water partition coefficient (Wildman–Crippen LogP) is 2.18. The van der Waals surface area contributed by atoms with Crippen LogP contribution in [0.3, 0.4) is 0 Å². The number of aromatic amines is 1. The third-order valence-corrected chi connectivity index (χ3v) is 3.29. The molecule has 0 unspecified atom stereocenters. The van der Waals surface area contributed by atoms with Crippen molar-refractivity contribution in [1.29, 1.82) is 0 Å². The van der Waals surface area contributed by atoms with Crippen molar-refractivity contribution in [2.24, 2.45) is 0 Å². The lowest BCUT2D eigenvalue weighted by atomic mass is 10.2. The topological polar surface area (TPSA) is 75.1 Å². The van der Waals surface area contributed by atoms with Gasteiger partial charge in [-0.1, -0.05) is 11.6 Å². The summed E-state index contributed by atoms with van der Waals surface area (Å²) in [6.07, 6.45) is 0. The average Bonchev–Trinajstić information content (AvgIpc) is 2.42. The van der Waals surface area contributed by atoms with Gasteiger partial charge in [0.15, 0.2) is 11.6 Å². The second-order valence-corrected chi connectivity index (χ2v) is 4.83. The number of rotatable bonds is 1. The molecule has 7 heteroatoms. The van der Waals surface area contributed by atoms with Gasteiger partial charge in [-0.3, -0.25) is 14.3 Å². The van der Waals surface area contributed by atoms with Crippen LogP contribution >= 0.6 is 11.6 Å². The van der Waals surface area contributed by atoms with E-state index in [2.05, 4.69) is 4.98 Å². The number of halogens is 2. The molecule has 3 aromatic rings. The number of nitrogens with one attached hydrogen (secondary N) is 1. The molecular weight excluding hydrogens is 299 g/mol. The van der Waals surface area contributed by atoms with E-state index in [4.69, 9.17) is 11.6 Å². The quantitative estimate of drug-likeness (QED) is 0.723. The number of H-pyrrole nitrogens is 1. The predicted molar refractivity (Wildman–Crippen MR) is 76.8 cm³/mol. The summed E-state index contributed by atoms with van der Waals surface area (Å²) in [6, 6.07) is 7.89. The molecule has 0 amide bonds. The summed E-state index contributed by atoms with van der Waals surface area (Å²) in [7, 11) is 0. The molecule has 0 saturated heterocycles. The Morgan fingerprint density at radius 2 is 1.90 bits per heavy atom. The van der Waals surface area contributed by atoms with E-state index in [9.17, 15) is 19.1 Å². The smallest absolute Gasteiger partial charge is 0.333 e. The highest BCUT2D eigenvalue weighted by Gasteiger charge is 2.11. The minimum absolute atomic E-state index is 0.211. The second kappa shape index (κ2) is 4.75. The van der Waals surface area contributed by atoms with Gasteiger partial charge in [-0.2, -0.15) is 0 Å². The highest BCUT2D eigenvalue weighted by molar-refractivity contribution is 6.31. The van der Waals surface area contributed by atoms with Crippen molar-refractivity contribution >= 4 is 22.5 Å². The van der Waals surface area contributed by atoms with Gasteiger partial charge in [0.25, 0.3) is 5.56 Å². The van der Waals surface area contributed by atoms with Crippen LogP contribution in [0.15, 0.2) is 46.0 Å². The molecule has 0 fully saturated rings. The number of benzene rings is 2. The Kier molecular flexibility index (Phi) is 3.03. The number of phenols is 1.